The summed E-state index contributed by atoms with van der Waals surface area (Å²) in [5.41, 5.74) is 6.38. The topological polar surface area (TPSA) is 72.0 Å². The first kappa shape index (κ1) is 11.9. The minimum atomic E-state index is 0. The van der Waals surface area contributed by atoms with Crippen LogP contribution >= 0.6 is 23.7 Å². The van der Waals surface area contributed by atoms with E-state index in [-0.39, 0.29) is 18.2 Å². The van der Waals surface area contributed by atoms with Crippen LogP contribution in [0.15, 0.2) is 24.3 Å². The van der Waals surface area contributed by atoms with Crippen LogP contribution in [0.2, 0.25) is 0 Å². The highest BCUT2D eigenvalue weighted by atomic mass is 35.5. The predicted molar refractivity (Wildman–Crippen MR) is 62.1 cm³/mol. The highest BCUT2D eigenvalue weighted by molar-refractivity contribution is 7.14. The second kappa shape index (κ2) is 5.06. The van der Waals surface area contributed by atoms with Crippen molar-refractivity contribution in [3.8, 4) is 16.3 Å². The first-order chi connectivity index (χ1) is 6.79. The minimum absolute atomic E-state index is 0. The monoisotopic (exact) mass is 243 g/mol. The Morgan fingerprint density at radius 1 is 1.20 bits per heavy atom. The Balaban J connectivity index is 0.00000112. The lowest BCUT2D eigenvalue weighted by atomic mass is 10.2. The molecule has 0 fully saturated rings. The summed E-state index contributed by atoms with van der Waals surface area (Å²) in [6, 6.07) is 6.85. The predicted octanol–water partition coefficient (Wildman–Crippen LogP) is 1.79. The van der Waals surface area contributed by atoms with Gasteiger partial charge >= 0.3 is 0 Å². The van der Waals surface area contributed by atoms with Crippen molar-refractivity contribution in [2.45, 2.75) is 6.54 Å². The van der Waals surface area contributed by atoms with E-state index in [1.165, 1.54) is 11.3 Å². The van der Waals surface area contributed by atoms with Crippen molar-refractivity contribution in [2.24, 2.45) is 5.73 Å². The number of nitrogens with zero attached hydrogens (tertiary/aromatic N) is 2. The Bertz CT molecular complexity index is 429. The fourth-order valence-electron chi connectivity index (χ4n) is 1.06. The molecule has 0 bridgehead atoms. The molecule has 0 aliphatic carbocycles. The number of aromatic nitrogens is 2. The quantitative estimate of drug-likeness (QED) is 0.844. The van der Waals surface area contributed by atoms with Gasteiger partial charge in [-0.05, 0) is 24.3 Å². The van der Waals surface area contributed by atoms with Crippen molar-refractivity contribution in [3.63, 3.8) is 0 Å². The standard InChI is InChI=1S/C9H9N3OS.ClH/c10-5-8-11-12-9(14-8)6-1-3-7(13)4-2-6;/h1-4,13H,5,10H2;1H. The van der Waals surface area contributed by atoms with E-state index in [1.807, 2.05) is 0 Å². The molecule has 4 nitrogen and oxygen atoms in total. The molecule has 0 amide bonds. The second-order valence-corrected chi connectivity index (χ2v) is 3.81. The molecule has 0 unspecified atom stereocenters. The Labute approximate surface area is 97.2 Å². The third-order valence-electron chi connectivity index (χ3n) is 1.76. The Morgan fingerprint density at radius 2 is 1.87 bits per heavy atom. The largest absolute Gasteiger partial charge is 0.508 e. The van der Waals surface area contributed by atoms with Crippen LogP contribution in [0.1, 0.15) is 5.01 Å². The van der Waals surface area contributed by atoms with Gasteiger partial charge in [0.25, 0.3) is 0 Å². The van der Waals surface area contributed by atoms with E-state index >= 15 is 0 Å². The van der Waals surface area contributed by atoms with Gasteiger partial charge in [0, 0.05) is 12.1 Å². The molecule has 1 heterocycles. The van der Waals surface area contributed by atoms with Gasteiger partial charge in [-0.2, -0.15) is 0 Å². The maximum atomic E-state index is 9.10. The minimum Gasteiger partial charge on any atom is -0.508 e. The maximum Gasteiger partial charge on any atom is 0.147 e. The average molecular weight is 244 g/mol. The number of benzene rings is 1. The molecule has 0 saturated carbocycles. The van der Waals surface area contributed by atoms with Crippen LogP contribution < -0.4 is 5.73 Å². The van der Waals surface area contributed by atoms with E-state index in [0.29, 0.717) is 6.54 Å². The summed E-state index contributed by atoms with van der Waals surface area (Å²) in [5, 5.41) is 18.6. The summed E-state index contributed by atoms with van der Waals surface area (Å²) in [4.78, 5) is 0. The molecule has 0 aliphatic heterocycles. The molecule has 0 aliphatic rings. The Morgan fingerprint density at radius 3 is 2.40 bits per heavy atom. The molecule has 80 valence electrons. The summed E-state index contributed by atoms with van der Waals surface area (Å²) in [7, 11) is 0. The summed E-state index contributed by atoms with van der Waals surface area (Å²) < 4.78 is 0. The number of hydrogen-bond donors (Lipinski definition) is 2. The zero-order chi connectivity index (χ0) is 9.97. The number of hydrogen-bond acceptors (Lipinski definition) is 5. The van der Waals surface area contributed by atoms with Gasteiger partial charge in [-0.1, -0.05) is 11.3 Å². The summed E-state index contributed by atoms with van der Waals surface area (Å²) in [6.45, 7) is 0.412. The molecular formula is C9H10ClN3OS. The molecule has 0 atom stereocenters. The van der Waals surface area contributed by atoms with Crippen molar-refractivity contribution in [3.05, 3.63) is 29.3 Å². The summed E-state index contributed by atoms with van der Waals surface area (Å²) in [5.74, 6) is 0.248. The molecule has 15 heavy (non-hydrogen) atoms. The smallest absolute Gasteiger partial charge is 0.147 e. The van der Waals surface area contributed by atoms with Crippen LogP contribution in [-0.4, -0.2) is 15.3 Å². The van der Waals surface area contributed by atoms with E-state index in [2.05, 4.69) is 10.2 Å². The van der Waals surface area contributed by atoms with Gasteiger partial charge in [-0.3, -0.25) is 0 Å². The Hall–Kier alpha value is -1.17. The van der Waals surface area contributed by atoms with E-state index in [0.717, 1.165) is 15.6 Å². The van der Waals surface area contributed by atoms with Crippen LogP contribution in [0.25, 0.3) is 10.6 Å². The van der Waals surface area contributed by atoms with Gasteiger partial charge in [0.1, 0.15) is 15.8 Å². The average Bonchev–Trinajstić information content (AvgIpc) is 2.67. The van der Waals surface area contributed by atoms with E-state index in [1.54, 1.807) is 24.3 Å². The third kappa shape index (κ3) is 2.65. The fourth-order valence-corrected chi connectivity index (χ4v) is 1.78. The summed E-state index contributed by atoms with van der Waals surface area (Å²) in [6.07, 6.45) is 0. The van der Waals surface area contributed by atoms with Crippen molar-refractivity contribution in [2.75, 3.05) is 0 Å². The van der Waals surface area contributed by atoms with Crippen molar-refractivity contribution in [1.82, 2.24) is 10.2 Å². The lowest BCUT2D eigenvalue weighted by molar-refractivity contribution is 0.475. The molecule has 6 heteroatoms. The molecule has 1 aromatic heterocycles. The lowest BCUT2D eigenvalue weighted by Crippen LogP contribution is -1.94. The molecule has 0 radical (unpaired) electrons. The van der Waals surface area contributed by atoms with E-state index < -0.39 is 0 Å². The summed E-state index contributed by atoms with van der Waals surface area (Å²) >= 11 is 1.46. The number of aromatic hydroxyl groups is 1. The molecule has 3 N–H and O–H groups in total. The van der Waals surface area contributed by atoms with Gasteiger partial charge < -0.3 is 10.8 Å². The SMILES string of the molecule is Cl.NCc1nnc(-c2ccc(O)cc2)s1. The Kier molecular flexibility index (Phi) is 4.02. The normalized spacial score (nSPS) is 9.67. The van der Waals surface area contributed by atoms with Crippen LogP contribution in [0.4, 0.5) is 0 Å². The third-order valence-corrected chi connectivity index (χ3v) is 2.75. The fraction of sp³-hybridized carbons (Fsp3) is 0.111. The zero-order valence-corrected chi connectivity index (χ0v) is 9.38. The van der Waals surface area contributed by atoms with E-state index in [9.17, 15) is 0 Å². The van der Waals surface area contributed by atoms with Gasteiger partial charge in [0.2, 0.25) is 0 Å². The molecule has 1 aromatic carbocycles. The van der Waals surface area contributed by atoms with Gasteiger partial charge in [-0.25, -0.2) is 0 Å². The van der Waals surface area contributed by atoms with Gasteiger partial charge in [0.15, 0.2) is 0 Å². The van der Waals surface area contributed by atoms with Gasteiger partial charge in [-0.15, -0.1) is 22.6 Å². The molecular weight excluding hydrogens is 234 g/mol. The van der Waals surface area contributed by atoms with Crippen LogP contribution in [0.5, 0.6) is 5.75 Å². The number of phenolic OH excluding ortho intramolecular Hbond substituents is 1. The lowest BCUT2D eigenvalue weighted by Gasteiger charge is -1.94. The molecule has 2 rings (SSSR count). The first-order valence-corrected chi connectivity index (χ1v) is 4.93. The number of phenols is 1. The highest BCUT2D eigenvalue weighted by Gasteiger charge is 2.04. The van der Waals surface area contributed by atoms with Crippen LogP contribution in [-0.2, 0) is 6.54 Å². The van der Waals surface area contributed by atoms with Crippen LogP contribution in [0.3, 0.4) is 0 Å². The van der Waals surface area contributed by atoms with E-state index in [4.69, 9.17) is 10.8 Å². The zero-order valence-electron chi connectivity index (χ0n) is 7.75. The number of nitrogens with two attached hydrogens (primary N) is 1. The molecule has 2 aromatic rings. The van der Waals surface area contributed by atoms with Crippen molar-refractivity contribution in [1.29, 1.82) is 0 Å². The van der Waals surface area contributed by atoms with Crippen molar-refractivity contribution < 1.29 is 5.11 Å². The highest BCUT2D eigenvalue weighted by Crippen LogP contribution is 2.24. The second-order valence-electron chi connectivity index (χ2n) is 2.75. The van der Waals surface area contributed by atoms with Crippen LogP contribution in [0, 0.1) is 0 Å². The number of halogens is 1. The van der Waals surface area contributed by atoms with Crippen molar-refractivity contribution >= 4 is 23.7 Å². The maximum absolute atomic E-state index is 9.10. The number of rotatable bonds is 2. The molecule has 0 saturated heterocycles. The van der Waals surface area contributed by atoms with Gasteiger partial charge in [0.05, 0.1) is 0 Å². The first-order valence-electron chi connectivity index (χ1n) is 4.11. The molecule has 0 spiro atoms.